The number of nitrogens with one attached hydrogen (secondary N) is 1. The maximum atomic E-state index is 12.6. The fourth-order valence-corrected chi connectivity index (χ4v) is 3.09. The van der Waals surface area contributed by atoms with Gasteiger partial charge in [0, 0.05) is 30.4 Å². The van der Waals surface area contributed by atoms with Gasteiger partial charge in [0.05, 0.1) is 13.2 Å². The summed E-state index contributed by atoms with van der Waals surface area (Å²) in [7, 11) is 0. The molecular formula is C17H19N5O3. The van der Waals surface area contributed by atoms with Crippen molar-refractivity contribution in [1.82, 2.24) is 14.5 Å². The van der Waals surface area contributed by atoms with Crippen molar-refractivity contribution >= 4 is 11.9 Å². The minimum absolute atomic E-state index is 0.0953. The topological polar surface area (TPSA) is 92.0 Å². The third kappa shape index (κ3) is 2.85. The molecule has 0 spiro atoms. The van der Waals surface area contributed by atoms with Crippen LogP contribution in [0.4, 0.5) is 5.95 Å². The van der Waals surface area contributed by atoms with Gasteiger partial charge >= 0.3 is 0 Å². The van der Waals surface area contributed by atoms with Gasteiger partial charge in [-0.15, -0.1) is 0 Å². The van der Waals surface area contributed by atoms with Gasteiger partial charge in [-0.3, -0.25) is 14.7 Å². The molecule has 0 radical (unpaired) electrons. The van der Waals surface area contributed by atoms with E-state index in [0.717, 1.165) is 0 Å². The molecule has 4 rings (SSSR count). The number of rotatable bonds is 1. The van der Waals surface area contributed by atoms with Crippen LogP contribution in [-0.2, 0) is 4.74 Å². The van der Waals surface area contributed by atoms with Crippen LogP contribution in [0.15, 0.2) is 40.1 Å². The number of anilines is 1. The summed E-state index contributed by atoms with van der Waals surface area (Å²) in [6.45, 7) is 4.43. The Bertz CT molecular complexity index is 886. The van der Waals surface area contributed by atoms with Crippen LogP contribution in [0.25, 0.3) is 0 Å². The predicted molar refractivity (Wildman–Crippen MR) is 92.9 cm³/mol. The normalized spacial score (nSPS) is 19.8. The number of aromatic hydroxyl groups is 1. The molecule has 0 bridgehead atoms. The summed E-state index contributed by atoms with van der Waals surface area (Å²) in [4.78, 5) is 23.8. The van der Waals surface area contributed by atoms with Crippen LogP contribution in [0.3, 0.4) is 0 Å². The number of morpholine rings is 1. The fourth-order valence-electron chi connectivity index (χ4n) is 3.09. The highest BCUT2D eigenvalue weighted by Gasteiger charge is 2.29. The van der Waals surface area contributed by atoms with Gasteiger partial charge in [0.1, 0.15) is 5.75 Å². The number of phenols is 1. The van der Waals surface area contributed by atoms with Gasteiger partial charge in [-0.1, -0.05) is 18.2 Å². The van der Waals surface area contributed by atoms with Crippen LogP contribution in [0.5, 0.6) is 5.75 Å². The number of aliphatic imine (C=N–C) groups is 1. The number of aryl methyl sites for hydroxylation is 1. The van der Waals surface area contributed by atoms with Crippen LogP contribution < -0.4 is 10.9 Å². The number of hydrogen-bond donors (Lipinski definition) is 2. The number of nitrogens with zero attached hydrogens (tertiary/aromatic N) is 4. The molecule has 1 saturated heterocycles. The lowest BCUT2D eigenvalue weighted by molar-refractivity contribution is 0.0675. The number of aromatic nitrogens is 2. The van der Waals surface area contributed by atoms with Crippen molar-refractivity contribution in [3.8, 4) is 5.75 Å². The van der Waals surface area contributed by atoms with Crippen molar-refractivity contribution in [3.05, 3.63) is 51.9 Å². The van der Waals surface area contributed by atoms with Crippen LogP contribution >= 0.6 is 0 Å². The van der Waals surface area contributed by atoms with Crippen molar-refractivity contribution in [2.24, 2.45) is 4.99 Å². The monoisotopic (exact) mass is 341 g/mol. The molecule has 3 heterocycles. The molecular weight excluding hydrogens is 322 g/mol. The third-order valence-corrected chi connectivity index (χ3v) is 4.32. The Morgan fingerprint density at radius 2 is 2.04 bits per heavy atom. The zero-order chi connectivity index (χ0) is 17.4. The highest BCUT2D eigenvalue weighted by atomic mass is 16.5. The van der Waals surface area contributed by atoms with Crippen LogP contribution in [0, 0.1) is 6.92 Å². The van der Waals surface area contributed by atoms with Crippen LogP contribution in [0.2, 0.25) is 0 Å². The van der Waals surface area contributed by atoms with E-state index in [0.29, 0.717) is 49.5 Å². The highest BCUT2D eigenvalue weighted by molar-refractivity contribution is 5.93. The highest BCUT2D eigenvalue weighted by Crippen LogP contribution is 2.31. The number of guanidine groups is 1. The molecule has 0 unspecified atom stereocenters. The molecule has 1 aromatic heterocycles. The first kappa shape index (κ1) is 15.6. The Morgan fingerprint density at radius 1 is 1.28 bits per heavy atom. The lowest BCUT2D eigenvalue weighted by atomic mass is 10.1. The first-order valence-corrected chi connectivity index (χ1v) is 8.19. The number of ether oxygens (including phenoxy) is 1. The molecule has 2 aromatic rings. The average Bonchev–Trinajstić information content (AvgIpc) is 2.61. The van der Waals surface area contributed by atoms with E-state index < -0.39 is 6.17 Å². The second kappa shape index (κ2) is 6.21. The Morgan fingerprint density at radius 3 is 2.80 bits per heavy atom. The van der Waals surface area contributed by atoms with E-state index in [4.69, 9.17) is 9.73 Å². The molecule has 2 aliphatic rings. The SMILES string of the molecule is Cc1cc(=O)n2c(n1)NC(N1CCOCC1)=N[C@@H]2c1ccccc1O. The molecule has 0 saturated carbocycles. The number of hydrogen-bond acceptors (Lipinski definition) is 7. The van der Waals surface area contributed by atoms with E-state index in [-0.39, 0.29) is 11.3 Å². The van der Waals surface area contributed by atoms with Crippen molar-refractivity contribution in [2.45, 2.75) is 13.1 Å². The Kier molecular flexibility index (Phi) is 3.89. The molecule has 8 nitrogen and oxygen atoms in total. The van der Waals surface area contributed by atoms with Gasteiger partial charge in [-0.25, -0.2) is 9.98 Å². The van der Waals surface area contributed by atoms with Gasteiger partial charge in [0.15, 0.2) is 6.17 Å². The smallest absolute Gasteiger partial charge is 0.257 e. The minimum atomic E-state index is -0.670. The van der Waals surface area contributed by atoms with Gasteiger partial charge in [0.25, 0.3) is 5.56 Å². The lowest BCUT2D eigenvalue weighted by Crippen LogP contribution is -2.47. The zero-order valence-corrected chi connectivity index (χ0v) is 13.8. The third-order valence-electron chi connectivity index (χ3n) is 4.32. The second-order valence-electron chi connectivity index (χ2n) is 6.04. The molecule has 25 heavy (non-hydrogen) atoms. The number of fused-ring (bicyclic) bond motifs is 1. The van der Waals surface area contributed by atoms with E-state index >= 15 is 0 Å². The molecule has 1 atom stereocenters. The molecule has 8 heteroatoms. The number of benzene rings is 1. The number of phenolic OH excluding ortho intramolecular Hbond substituents is 1. The average molecular weight is 341 g/mol. The predicted octanol–water partition coefficient (Wildman–Crippen LogP) is 0.918. The first-order valence-electron chi connectivity index (χ1n) is 8.19. The summed E-state index contributed by atoms with van der Waals surface area (Å²) < 4.78 is 6.86. The molecule has 2 N–H and O–H groups in total. The lowest BCUT2D eigenvalue weighted by Gasteiger charge is -2.34. The maximum absolute atomic E-state index is 12.6. The van der Waals surface area contributed by atoms with E-state index in [2.05, 4.69) is 15.2 Å². The molecule has 130 valence electrons. The van der Waals surface area contributed by atoms with Crippen molar-refractivity contribution < 1.29 is 9.84 Å². The van der Waals surface area contributed by atoms with Crippen LogP contribution in [-0.4, -0.2) is 51.8 Å². The second-order valence-corrected chi connectivity index (χ2v) is 6.04. The van der Waals surface area contributed by atoms with Gasteiger partial charge in [-0.2, -0.15) is 0 Å². The van der Waals surface area contributed by atoms with Gasteiger partial charge in [0.2, 0.25) is 11.9 Å². The molecule has 2 aliphatic heterocycles. The Labute approximate surface area is 144 Å². The zero-order valence-electron chi connectivity index (χ0n) is 13.8. The molecule has 0 amide bonds. The summed E-state index contributed by atoms with van der Waals surface area (Å²) in [5.74, 6) is 1.15. The Balaban J connectivity index is 1.85. The summed E-state index contributed by atoms with van der Waals surface area (Å²) in [6.07, 6.45) is -0.670. The summed E-state index contributed by atoms with van der Waals surface area (Å²) in [6, 6.07) is 8.37. The standard InChI is InChI=1S/C17H19N5O3/c1-11-10-14(24)22-15(12-4-2-3-5-13(12)23)19-16(20-17(22)18-11)21-6-8-25-9-7-21/h2-5,10,15,23H,6-9H2,1H3,(H,18,19,20)/t15-/m0/s1. The van der Waals surface area contributed by atoms with E-state index in [1.165, 1.54) is 10.6 Å². The minimum Gasteiger partial charge on any atom is -0.508 e. The van der Waals surface area contributed by atoms with Gasteiger partial charge in [-0.05, 0) is 13.0 Å². The largest absolute Gasteiger partial charge is 0.508 e. The summed E-state index contributed by atoms with van der Waals surface area (Å²) in [5.41, 5.74) is 0.972. The quantitative estimate of drug-likeness (QED) is 0.801. The van der Waals surface area contributed by atoms with Gasteiger partial charge < -0.3 is 14.7 Å². The molecule has 1 fully saturated rings. The summed E-state index contributed by atoms with van der Waals surface area (Å²) >= 11 is 0. The van der Waals surface area contributed by atoms with E-state index in [1.807, 2.05) is 6.07 Å². The Hall–Kier alpha value is -2.87. The summed E-state index contributed by atoms with van der Waals surface area (Å²) in [5, 5.41) is 13.4. The van der Waals surface area contributed by atoms with E-state index in [9.17, 15) is 9.90 Å². The van der Waals surface area contributed by atoms with E-state index in [1.54, 1.807) is 25.1 Å². The number of para-hydroxylation sites is 1. The molecule has 0 aliphatic carbocycles. The van der Waals surface area contributed by atoms with Crippen molar-refractivity contribution in [2.75, 3.05) is 31.6 Å². The maximum Gasteiger partial charge on any atom is 0.257 e. The fraction of sp³-hybridized carbons (Fsp3) is 0.353. The van der Waals surface area contributed by atoms with Crippen molar-refractivity contribution in [1.29, 1.82) is 0 Å². The van der Waals surface area contributed by atoms with Crippen LogP contribution in [0.1, 0.15) is 17.4 Å². The molecule has 1 aromatic carbocycles. The van der Waals surface area contributed by atoms with Crippen molar-refractivity contribution in [3.63, 3.8) is 0 Å². The first-order chi connectivity index (χ1) is 12.1.